The molecule has 0 aliphatic heterocycles. The van der Waals surface area contributed by atoms with Gasteiger partial charge in [0, 0.05) is 24.0 Å². The average molecular weight is 310 g/mol. The van der Waals surface area contributed by atoms with E-state index in [0.29, 0.717) is 24.9 Å². The van der Waals surface area contributed by atoms with Crippen molar-refractivity contribution in [2.45, 2.75) is 19.5 Å². The lowest BCUT2D eigenvalue weighted by molar-refractivity contribution is 0.265. The summed E-state index contributed by atoms with van der Waals surface area (Å²) >= 11 is 0. The molecule has 0 bridgehead atoms. The van der Waals surface area contributed by atoms with Gasteiger partial charge in [-0.2, -0.15) is 4.98 Å². The molecule has 6 heteroatoms. The van der Waals surface area contributed by atoms with Crippen molar-refractivity contribution in [2.24, 2.45) is 0 Å². The fourth-order valence-electron chi connectivity index (χ4n) is 2.00. The fourth-order valence-corrected chi connectivity index (χ4v) is 2.00. The lowest BCUT2D eigenvalue weighted by Crippen LogP contribution is -2.31. The Balaban J connectivity index is 1.48. The summed E-state index contributed by atoms with van der Waals surface area (Å²) < 4.78 is 10.9. The molecule has 1 atom stereocenters. The average Bonchev–Trinajstić information content (AvgIpc) is 3.09. The third-order valence-corrected chi connectivity index (χ3v) is 3.23. The van der Waals surface area contributed by atoms with Crippen LogP contribution in [-0.4, -0.2) is 27.8 Å². The molecule has 2 heterocycles. The summed E-state index contributed by atoms with van der Waals surface area (Å²) in [5.74, 6) is 1.94. The van der Waals surface area contributed by atoms with Crippen LogP contribution in [0.4, 0.5) is 0 Å². The maximum Gasteiger partial charge on any atom is 0.240 e. The zero-order valence-corrected chi connectivity index (χ0v) is 12.8. The first-order valence-corrected chi connectivity index (χ1v) is 7.45. The Morgan fingerprint density at radius 3 is 2.83 bits per heavy atom. The minimum absolute atomic E-state index is 0.156. The third kappa shape index (κ3) is 4.37. The topological polar surface area (TPSA) is 73.1 Å². The summed E-state index contributed by atoms with van der Waals surface area (Å²) in [6.45, 7) is 3.10. The molecule has 0 aliphatic carbocycles. The van der Waals surface area contributed by atoms with Gasteiger partial charge in [-0.25, -0.2) is 0 Å². The highest BCUT2D eigenvalue weighted by Crippen LogP contribution is 2.13. The van der Waals surface area contributed by atoms with Crippen LogP contribution in [0.25, 0.3) is 11.4 Å². The molecule has 0 spiro atoms. The van der Waals surface area contributed by atoms with Gasteiger partial charge in [0.1, 0.15) is 12.4 Å². The summed E-state index contributed by atoms with van der Waals surface area (Å²) in [6, 6.07) is 13.6. The Hall–Kier alpha value is -2.73. The highest BCUT2D eigenvalue weighted by molar-refractivity contribution is 5.51. The first kappa shape index (κ1) is 15.2. The number of pyridine rings is 1. The zero-order valence-electron chi connectivity index (χ0n) is 12.8. The standard InChI is InChI=1S/C17H18N4O2/c1-13(12-22-15-7-3-2-4-8-15)19-11-16-20-17(21-23-16)14-6-5-9-18-10-14/h2-10,13,19H,11-12H2,1H3. The molecule has 0 radical (unpaired) electrons. The zero-order chi connectivity index (χ0) is 15.9. The number of para-hydroxylation sites is 1. The van der Waals surface area contributed by atoms with Gasteiger partial charge in [0.15, 0.2) is 0 Å². The van der Waals surface area contributed by atoms with E-state index in [2.05, 4.69) is 20.4 Å². The van der Waals surface area contributed by atoms with Crippen molar-refractivity contribution in [2.75, 3.05) is 6.61 Å². The number of nitrogens with one attached hydrogen (secondary N) is 1. The van der Waals surface area contributed by atoms with Crippen LogP contribution >= 0.6 is 0 Å². The molecule has 1 unspecified atom stereocenters. The number of aromatic nitrogens is 3. The second-order valence-electron chi connectivity index (χ2n) is 5.16. The van der Waals surface area contributed by atoms with E-state index in [4.69, 9.17) is 9.26 Å². The van der Waals surface area contributed by atoms with Gasteiger partial charge >= 0.3 is 0 Å². The Morgan fingerprint density at radius 1 is 1.17 bits per heavy atom. The van der Waals surface area contributed by atoms with E-state index >= 15 is 0 Å². The monoisotopic (exact) mass is 310 g/mol. The van der Waals surface area contributed by atoms with E-state index in [1.54, 1.807) is 12.4 Å². The summed E-state index contributed by atoms with van der Waals surface area (Å²) in [6.07, 6.45) is 3.42. The second kappa shape index (κ2) is 7.51. The van der Waals surface area contributed by atoms with Crippen molar-refractivity contribution in [3.05, 3.63) is 60.7 Å². The lowest BCUT2D eigenvalue weighted by Gasteiger charge is -2.13. The summed E-state index contributed by atoms with van der Waals surface area (Å²) in [4.78, 5) is 8.39. The van der Waals surface area contributed by atoms with E-state index in [0.717, 1.165) is 11.3 Å². The van der Waals surface area contributed by atoms with Crippen LogP contribution in [0.1, 0.15) is 12.8 Å². The fraction of sp³-hybridized carbons (Fsp3) is 0.235. The van der Waals surface area contributed by atoms with Crippen molar-refractivity contribution in [3.63, 3.8) is 0 Å². The van der Waals surface area contributed by atoms with Crippen LogP contribution in [0.15, 0.2) is 59.4 Å². The van der Waals surface area contributed by atoms with Gasteiger partial charge in [0.25, 0.3) is 0 Å². The minimum atomic E-state index is 0.156. The highest BCUT2D eigenvalue weighted by Gasteiger charge is 2.10. The van der Waals surface area contributed by atoms with Gasteiger partial charge < -0.3 is 14.6 Å². The molecule has 0 aliphatic rings. The highest BCUT2D eigenvalue weighted by atomic mass is 16.5. The van der Waals surface area contributed by atoms with Gasteiger partial charge in [0.05, 0.1) is 6.54 Å². The number of rotatable bonds is 7. The summed E-state index contributed by atoms with van der Waals surface area (Å²) in [5, 5.41) is 7.26. The van der Waals surface area contributed by atoms with Gasteiger partial charge in [-0.15, -0.1) is 0 Å². The van der Waals surface area contributed by atoms with E-state index in [-0.39, 0.29) is 6.04 Å². The van der Waals surface area contributed by atoms with Crippen LogP contribution in [-0.2, 0) is 6.54 Å². The third-order valence-electron chi connectivity index (χ3n) is 3.23. The predicted octanol–water partition coefficient (Wildman–Crippen LogP) is 2.69. The molecular weight excluding hydrogens is 292 g/mol. The van der Waals surface area contributed by atoms with Gasteiger partial charge in [0.2, 0.25) is 11.7 Å². The first-order chi connectivity index (χ1) is 11.3. The van der Waals surface area contributed by atoms with E-state index in [1.165, 1.54) is 0 Å². The molecule has 6 nitrogen and oxygen atoms in total. The van der Waals surface area contributed by atoms with Crippen LogP contribution < -0.4 is 10.1 Å². The first-order valence-electron chi connectivity index (χ1n) is 7.45. The number of nitrogens with zero attached hydrogens (tertiary/aromatic N) is 3. The lowest BCUT2D eigenvalue weighted by atomic mass is 10.3. The van der Waals surface area contributed by atoms with E-state index < -0.39 is 0 Å². The Kier molecular flexibility index (Phi) is 4.95. The smallest absolute Gasteiger partial charge is 0.240 e. The molecule has 0 saturated heterocycles. The second-order valence-corrected chi connectivity index (χ2v) is 5.16. The normalized spacial score (nSPS) is 12.0. The van der Waals surface area contributed by atoms with Crippen molar-refractivity contribution in [1.82, 2.24) is 20.4 Å². The molecule has 0 saturated carbocycles. The number of hydrogen-bond acceptors (Lipinski definition) is 6. The minimum Gasteiger partial charge on any atom is -0.492 e. The molecule has 23 heavy (non-hydrogen) atoms. The summed E-state index contributed by atoms with van der Waals surface area (Å²) in [5.41, 5.74) is 0.836. The number of hydrogen-bond donors (Lipinski definition) is 1. The summed E-state index contributed by atoms with van der Waals surface area (Å²) in [7, 11) is 0. The number of ether oxygens (including phenoxy) is 1. The molecule has 2 aromatic heterocycles. The molecule has 1 aromatic carbocycles. The molecule has 1 N–H and O–H groups in total. The Bertz CT molecular complexity index is 716. The van der Waals surface area contributed by atoms with Crippen LogP contribution in [0.5, 0.6) is 5.75 Å². The Morgan fingerprint density at radius 2 is 2.04 bits per heavy atom. The van der Waals surface area contributed by atoms with E-state index in [9.17, 15) is 0 Å². The van der Waals surface area contributed by atoms with Crippen molar-refractivity contribution in [3.8, 4) is 17.1 Å². The van der Waals surface area contributed by atoms with E-state index in [1.807, 2.05) is 49.4 Å². The van der Waals surface area contributed by atoms with Crippen LogP contribution in [0, 0.1) is 0 Å². The number of benzene rings is 1. The molecule has 0 fully saturated rings. The Labute approximate surface area is 134 Å². The predicted molar refractivity (Wildman–Crippen MR) is 85.8 cm³/mol. The quantitative estimate of drug-likeness (QED) is 0.723. The molecule has 3 aromatic rings. The molecular formula is C17H18N4O2. The van der Waals surface area contributed by atoms with Gasteiger partial charge in [-0.3, -0.25) is 4.98 Å². The van der Waals surface area contributed by atoms with Crippen LogP contribution in [0.2, 0.25) is 0 Å². The van der Waals surface area contributed by atoms with Crippen molar-refractivity contribution >= 4 is 0 Å². The largest absolute Gasteiger partial charge is 0.492 e. The maximum atomic E-state index is 5.69. The van der Waals surface area contributed by atoms with Crippen molar-refractivity contribution in [1.29, 1.82) is 0 Å². The van der Waals surface area contributed by atoms with Gasteiger partial charge in [-0.1, -0.05) is 23.4 Å². The molecule has 0 amide bonds. The van der Waals surface area contributed by atoms with Crippen molar-refractivity contribution < 1.29 is 9.26 Å². The van der Waals surface area contributed by atoms with Crippen LogP contribution in [0.3, 0.4) is 0 Å². The maximum absolute atomic E-state index is 5.69. The van der Waals surface area contributed by atoms with Gasteiger partial charge in [-0.05, 0) is 31.2 Å². The molecule has 118 valence electrons. The molecule has 3 rings (SSSR count). The SMILES string of the molecule is CC(COc1ccccc1)NCc1nc(-c2cccnc2)no1.